The van der Waals surface area contributed by atoms with Gasteiger partial charge in [-0.05, 0) is 12.3 Å². The van der Waals surface area contributed by atoms with E-state index < -0.39 is 5.97 Å². The number of carboxylic acid groups (broad SMARTS) is 1. The molecule has 0 bridgehead atoms. The molecule has 0 spiro atoms. The molecule has 1 atom stereocenters. The van der Waals surface area contributed by atoms with Crippen molar-refractivity contribution in [3.05, 3.63) is 24.8 Å². The largest absolute Gasteiger partial charge is 0.481 e. The molecule has 0 aromatic heterocycles. The van der Waals surface area contributed by atoms with Gasteiger partial charge in [0.2, 0.25) is 0 Å². The fourth-order valence-corrected chi connectivity index (χ4v) is 0.751. The molecule has 62 valence electrons. The van der Waals surface area contributed by atoms with Gasteiger partial charge in [-0.25, -0.2) is 0 Å². The molecule has 0 aliphatic rings. The highest BCUT2D eigenvalue weighted by Crippen LogP contribution is 2.03. The second-order valence-corrected chi connectivity index (χ2v) is 2.53. The molecule has 11 heavy (non-hydrogen) atoms. The molecule has 0 aromatic rings. The lowest BCUT2D eigenvalue weighted by atomic mass is 10.1. The molecule has 1 unspecified atom stereocenters. The molecule has 1 N–H and O–H groups in total. The van der Waals surface area contributed by atoms with Gasteiger partial charge in [0.1, 0.15) is 0 Å². The van der Waals surface area contributed by atoms with Crippen molar-refractivity contribution in [3.8, 4) is 0 Å². The Morgan fingerprint density at radius 1 is 1.73 bits per heavy atom. The Kier molecular flexibility index (Phi) is 5.17. The van der Waals surface area contributed by atoms with Crippen molar-refractivity contribution in [2.45, 2.75) is 19.8 Å². The number of carboxylic acids is 1. The lowest BCUT2D eigenvalue weighted by Crippen LogP contribution is -2.00. The summed E-state index contributed by atoms with van der Waals surface area (Å²) in [5.41, 5.74) is 0. The van der Waals surface area contributed by atoms with E-state index in [1.165, 1.54) is 0 Å². The molecule has 2 nitrogen and oxygen atoms in total. The number of carbonyl (C=O) groups is 1. The maximum atomic E-state index is 10.2. The summed E-state index contributed by atoms with van der Waals surface area (Å²) >= 11 is 0. The number of hydrogen-bond acceptors (Lipinski definition) is 1. The minimum atomic E-state index is -0.749. The molecule has 0 saturated heterocycles. The van der Waals surface area contributed by atoms with Crippen molar-refractivity contribution < 1.29 is 9.90 Å². The molecular formula is C9H14O2. The van der Waals surface area contributed by atoms with Crippen LogP contribution < -0.4 is 0 Å². The van der Waals surface area contributed by atoms with Crippen LogP contribution in [0.4, 0.5) is 0 Å². The molecule has 2 heteroatoms. The van der Waals surface area contributed by atoms with Crippen molar-refractivity contribution in [2.24, 2.45) is 5.92 Å². The first kappa shape index (κ1) is 9.95. The van der Waals surface area contributed by atoms with Crippen molar-refractivity contribution in [1.82, 2.24) is 0 Å². The Hall–Kier alpha value is -1.05. The lowest BCUT2D eigenvalue weighted by Gasteiger charge is -1.99. The van der Waals surface area contributed by atoms with Crippen molar-refractivity contribution in [1.29, 1.82) is 0 Å². The van der Waals surface area contributed by atoms with Gasteiger partial charge in [0.05, 0.1) is 6.42 Å². The highest BCUT2D eigenvalue weighted by Gasteiger charge is 2.01. The first-order valence-electron chi connectivity index (χ1n) is 3.66. The summed E-state index contributed by atoms with van der Waals surface area (Å²) in [6, 6.07) is 0. The van der Waals surface area contributed by atoms with E-state index in [0.29, 0.717) is 0 Å². The minimum Gasteiger partial charge on any atom is -0.481 e. The van der Waals surface area contributed by atoms with Crippen LogP contribution in [0.2, 0.25) is 0 Å². The molecule has 0 aliphatic heterocycles. The summed E-state index contributed by atoms with van der Waals surface area (Å²) in [4.78, 5) is 10.2. The van der Waals surface area contributed by atoms with E-state index in [1.54, 1.807) is 6.08 Å². The van der Waals surface area contributed by atoms with E-state index in [-0.39, 0.29) is 12.3 Å². The molecule has 0 rings (SSSR count). The third-order valence-corrected chi connectivity index (χ3v) is 1.26. The van der Waals surface area contributed by atoms with Crippen LogP contribution >= 0.6 is 0 Å². The Balaban J connectivity index is 3.58. The maximum absolute atomic E-state index is 10.2. The van der Waals surface area contributed by atoms with Gasteiger partial charge < -0.3 is 5.11 Å². The van der Waals surface area contributed by atoms with Crippen LogP contribution in [-0.4, -0.2) is 11.1 Å². The summed E-state index contributed by atoms with van der Waals surface area (Å²) in [5, 5.41) is 8.39. The van der Waals surface area contributed by atoms with E-state index in [9.17, 15) is 4.79 Å². The molecule has 0 amide bonds. The second kappa shape index (κ2) is 5.71. The number of aliphatic carboxylic acids is 1. The smallest absolute Gasteiger partial charge is 0.303 e. The average Bonchev–Trinajstić information content (AvgIpc) is 1.86. The van der Waals surface area contributed by atoms with Gasteiger partial charge in [-0.15, -0.1) is 6.58 Å². The molecule has 0 saturated carbocycles. The molecule has 0 heterocycles. The van der Waals surface area contributed by atoms with Gasteiger partial charge in [-0.3, -0.25) is 4.79 Å². The van der Waals surface area contributed by atoms with Crippen LogP contribution in [0.15, 0.2) is 24.8 Å². The Morgan fingerprint density at radius 3 is 2.82 bits per heavy atom. The van der Waals surface area contributed by atoms with Crippen LogP contribution in [0.3, 0.4) is 0 Å². The number of allylic oxidation sites excluding steroid dienone is 3. The highest BCUT2D eigenvalue weighted by atomic mass is 16.4. The second-order valence-electron chi connectivity index (χ2n) is 2.53. The first-order chi connectivity index (χ1) is 5.16. The van der Waals surface area contributed by atoms with E-state index in [1.807, 2.05) is 19.1 Å². The number of hydrogen-bond donors (Lipinski definition) is 1. The van der Waals surface area contributed by atoms with Crippen molar-refractivity contribution in [3.63, 3.8) is 0 Å². The van der Waals surface area contributed by atoms with E-state index >= 15 is 0 Å². The normalized spacial score (nSPS) is 13.2. The summed E-state index contributed by atoms with van der Waals surface area (Å²) in [5.74, 6) is -0.631. The summed E-state index contributed by atoms with van der Waals surface area (Å²) in [6.45, 7) is 5.43. The van der Waals surface area contributed by atoms with Crippen molar-refractivity contribution in [2.75, 3.05) is 0 Å². The van der Waals surface area contributed by atoms with Crippen molar-refractivity contribution >= 4 is 5.97 Å². The quantitative estimate of drug-likeness (QED) is 0.616. The summed E-state index contributed by atoms with van der Waals surface area (Å²) < 4.78 is 0. The van der Waals surface area contributed by atoms with Crippen LogP contribution in [0.1, 0.15) is 19.8 Å². The number of rotatable bonds is 5. The molecular weight excluding hydrogens is 140 g/mol. The van der Waals surface area contributed by atoms with Crippen LogP contribution in [0.25, 0.3) is 0 Å². The van der Waals surface area contributed by atoms with Crippen LogP contribution in [-0.2, 0) is 4.79 Å². The topological polar surface area (TPSA) is 37.3 Å². The molecule has 0 fully saturated rings. The lowest BCUT2D eigenvalue weighted by molar-refractivity contribution is -0.137. The van der Waals surface area contributed by atoms with E-state index in [4.69, 9.17) is 5.11 Å². The SMILES string of the molecule is C=CC/C=C/C(C)CC(=O)O. The third-order valence-electron chi connectivity index (χ3n) is 1.26. The third kappa shape index (κ3) is 6.84. The minimum absolute atomic E-state index is 0.118. The predicted octanol–water partition coefficient (Wildman–Crippen LogP) is 2.23. The first-order valence-corrected chi connectivity index (χ1v) is 3.66. The van der Waals surface area contributed by atoms with Gasteiger partial charge >= 0.3 is 5.97 Å². The predicted molar refractivity (Wildman–Crippen MR) is 45.4 cm³/mol. The van der Waals surface area contributed by atoms with Crippen LogP contribution in [0.5, 0.6) is 0 Å². The Bertz CT molecular complexity index is 159. The van der Waals surface area contributed by atoms with Gasteiger partial charge in [0.15, 0.2) is 0 Å². The summed E-state index contributed by atoms with van der Waals surface area (Å²) in [7, 11) is 0. The Labute approximate surface area is 67.2 Å². The monoisotopic (exact) mass is 154 g/mol. The molecule has 0 aromatic carbocycles. The van der Waals surface area contributed by atoms with Gasteiger partial charge in [0, 0.05) is 0 Å². The van der Waals surface area contributed by atoms with E-state index in [0.717, 1.165) is 6.42 Å². The van der Waals surface area contributed by atoms with Gasteiger partial charge in [-0.2, -0.15) is 0 Å². The van der Waals surface area contributed by atoms with Crippen LogP contribution in [0, 0.1) is 5.92 Å². The van der Waals surface area contributed by atoms with E-state index in [2.05, 4.69) is 6.58 Å². The van der Waals surface area contributed by atoms with Gasteiger partial charge in [-0.1, -0.05) is 25.2 Å². The standard InChI is InChI=1S/C9H14O2/c1-3-4-5-6-8(2)7-9(10)11/h3,5-6,8H,1,4,7H2,2H3,(H,10,11)/b6-5+. The zero-order valence-corrected chi connectivity index (χ0v) is 6.79. The fraction of sp³-hybridized carbons (Fsp3) is 0.444. The maximum Gasteiger partial charge on any atom is 0.303 e. The highest BCUT2D eigenvalue weighted by molar-refractivity contribution is 5.67. The zero-order chi connectivity index (χ0) is 8.69. The molecule has 0 aliphatic carbocycles. The average molecular weight is 154 g/mol. The fourth-order valence-electron chi connectivity index (χ4n) is 0.751. The zero-order valence-electron chi connectivity index (χ0n) is 6.79. The Morgan fingerprint density at radius 2 is 2.36 bits per heavy atom. The van der Waals surface area contributed by atoms with Gasteiger partial charge in [0.25, 0.3) is 0 Å². The molecule has 0 radical (unpaired) electrons. The summed E-state index contributed by atoms with van der Waals surface area (Å²) in [6.07, 6.45) is 6.62.